The Hall–Kier alpha value is -2.61. The van der Waals surface area contributed by atoms with Crippen LogP contribution in [0.15, 0.2) is 71.6 Å². The second kappa shape index (κ2) is 8.18. The maximum Gasteiger partial charge on any atom is 0.261 e. The number of carbonyl (C=O) groups is 1. The van der Waals surface area contributed by atoms with Crippen LogP contribution < -0.4 is 10.0 Å². The molecule has 0 heterocycles. The molecule has 3 aromatic carbocycles. The Kier molecular flexibility index (Phi) is 5.88. The van der Waals surface area contributed by atoms with E-state index in [1.165, 1.54) is 18.2 Å². The number of nitrogens with one attached hydrogen (secondary N) is 2. The molecule has 0 unspecified atom stereocenters. The average Bonchev–Trinajstić information content (AvgIpc) is 2.65. The number of para-hydroxylation sites is 1. The Morgan fingerprint density at radius 2 is 1.50 bits per heavy atom. The second-order valence-electron chi connectivity index (χ2n) is 5.69. The van der Waals surface area contributed by atoms with Crippen molar-refractivity contribution in [3.8, 4) is 0 Å². The molecular formula is C19H13Cl2FN2O3S. The van der Waals surface area contributed by atoms with Crippen molar-refractivity contribution in [1.29, 1.82) is 0 Å². The second-order valence-corrected chi connectivity index (χ2v) is 8.18. The summed E-state index contributed by atoms with van der Waals surface area (Å²) in [5.74, 6) is -1.05. The number of amides is 1. The molecule has 3 rings (SSSR count). The largest absolute Gasteiger partial charge is 0.321 e. The zero-order valence-electron chi connectivity index (χ0n) is 14.1. The van der Waals surface area contributed by atoms with Gasteiger partial charge in [-0.1, -0.05) is 35.3 Å². The van der Waals surface area contributed by atoms with Gasteiger partial charge in [0, 0.05) is 5.56 Å². The number of sulfonamides is 1. The molecule has 0 aliphatic rings. The minimum absolute atomic E-state index is 0.0119. The smallest absolute Gasteiger partial charge is 0.261 e. The lowest BCUT2D eigenvalue weighted by atomic mass is 10.2. The highest BCUT2D eigenvalue weighted by atomic mass is 35.5. The first kappa shape index (κ1) is 20.1. The summed E-state index contributed by atoms with van der Waals surface area (Å²) in [4.78, 5) is 12.3. The van der Waals surface area contributed by atoms with Gasteiger partial charge in [0.05, 0.1) is 26.3 Å². The van der Waals surface area contributed by atoms with E-state index >= 15 is 0 Å². The van der Waals surface area contributed by atoms with E-state index in [1.54, 1.807) is 24.3 Å². The predicted molar refractivity (Wildman–Crippen MR) is 108 cm³/mol. The highest BCUT2D eigenvalue weighted by Crippen LogP contribution is 2.27. The molecule has 0 spiro atoms. The van der Waals surface area contributed by atoms with Crippen molar-refractivity contribution in [2.75, 3.05) is 10.0 Å². The summed E-state index contributed by atoms with van der Waals surface area (Å²) in [6.45, 7) is 0. The molecule has 0 saturated heterocycles. The molecule has 5 nitrogen and oxygen atoms in total. The maximum atomic E-state index is 13.0. The minimum Gasteiger partial charge on any atom is -0.321 e. The van der Waals surface area contributed by atoms with Crippen LogP contribution in [0.25, 0.3) is 0 Å². The number of benzene rings is 3. The van der Waals surface area contributed by atoms with Gasteiger partial charge in [0.15, 0.2) is 0 Å². The number of rotatable bonds is 5. The number of hydrogen-bond donors (Lipinski definition) is 2. The fourth-order valence-corrected chi connectivity index (χ4v) is 3.79. The Morgan fingerprint density at radius 3 is 2.18 bits per heavy atom. The summed E-state index contributed by atoms with van der Waals surface area (Å²) in [5, 5.41) is 3.10. The molecular weight excluding hydrogens is 426 g/mol. The third kappa shape index (κ3) is 4.62. The third-order valence-corrected chi connectivity index (χ3v) is 5.76. The molecule has 3 aromatic rings. The topological polar surface area (TPSA) is 75.3 Å². The zero-order chi connectivity index (χ0) is 20.3. The molecule has 0 aromatic heterocycles. The van der Waals surface area contributed by atoms with Gasteiger partial charge >= 0.3 is 0 Å². The van der Waals surface area contributed by atoms with Crippen molar-refractivity contribution in [1.82, 2.24) is 0 Å². The van der Waals surface area contributed by atoms with Crippen LogP contribution in [0.5, 0.6) is 0 Å². The highest BCUT2D eigenvalue weighted by Gasteiger charge is 2.18. The quantitative estimate of drug-likeness (QED) is 0.575. The molecule has 144 valence electrons. The van der Waals surface area contributed by atoms with E-state index in [0.717, 1.165) is 24.3 Å². The first-order valence-electron chi connectivity index (χ1n) is 7.90. The van der Waals surface area contributed by atoms with Gasteiger partial charge in [-0.05, 0) is 54.6 Å². The van der Waals surface area contributed by atoms with Crippen LogP contribution in [0.3, 0.4) is 0 Å². The van der Waals surface area contributed by atoms with Crippen molar-refractivity contribution in [3.05, 3.63) is 88.2 Å². The van der Waals surface area contributed by atoms with E-state index in [9.17, 15) is 17.6 Å². The maximum absolute atomic E-state index is 13.0. The number of anilines is 2. The molecule has 0 atom stereocenters. The third-order valence-electron chi connectivity index (χ3n) is 3.72. The van der Waals surface area contributed by atoms with Crippen molar-refractivity contribution in [2.45, 2.75) is 4.90 Å². The van der Waals surface area contributed by atoms with Gasteiger partial charge in [0.25, 0.3) is 15.9 Å². The van der Waals surface area contributed by atoms with Gasteiger partial charge in [-0.25, -0.2) is 12.8 Å². The van der Waals surface area contributed by atoms with Crippen LogP contribution in [0.4, 0.5) is 15.8 Å². The van der Waals surface area contributed by atoms with Gasteiger partial charge in [-0.2, -0.15) is 0 Å². The summed E-state index contributed by atoms with van der Waals surface area (Å²) in [6, 6.07) is 15.2. The Morgan fingerprint density at radius 1 is 0.857 bits per heavy atom. The fourth-order valence-electron chi connectivity index (χ4n) is 2.32. The summed E-state index contributed by atoms with van der Waals surface area (Å²) >= 11 is 12.1. The molecule has 0 radical (unpaired) electrons. The van der Waals surface area contributed by atoms with Gasteiger partial charge in [0.2, 0.25) is 0 Å². The van der Waals surface area contributed by atoms with E-state index in [0.29, 0.717) is 10.7 Å². The van der Waals surface area contributed by atoms with Crippen molar-refractivity contribution < 1.29 is 17.6 Å². The van der Waals surface area contributed by atoms with Crippen LogP contribution in [0, 0.1) is 5.82 Å². The summed E-state index contributed by atoms with van der Waals surface area (Å²) in [5.41, 5.74) is 0.594. The van der Waals surface area contributed by atoms with Crippen LogP contribution >= 0.6 is 23.2 Å². The van der Waals surface area contributed by atoms with Crippen LogP contribution in [0.2, 0.25) is 10.0 Å². The minimum atomic E-state index is -4.01. The summed E-state index contributed by atoms with van der Waals surface area (Å²) in [7, 11) is -4.01. The van der Waals surface area contributed by atoms with Gasteiger partial charge in [-0.15, -0.1) is 0 Å². The van der Waals surface area contributed by atoms with Gasteiger partial charge in [-0.3, -0.25) is 9.52 Å². The Balaban J connectivity index is 1.86. The lowest BCUT2D eigenvalue weighted by Gasteiger charge is -2.12. The van der Waals surface area contributed by atoms with Crippen molar-refractivity contribution in [2.24, 2.45) is 0 Å². The van der Waals surface area contributed by atoms with E-state index in [1.807, 2.05) is 0 Å². The van der Waals surface area contributed by atoms with Crippen LogP contribution in [-0.4, -0.2) is 14.3 Å². The fraction of sp³-hybridized carbons (Fsp3) is 0. The average molecular weight is 439 g/mol. The monoisotopic (exact) mass is 438 g/mol. The molecule has 0 saturated carbocycles. The van der Waals surface area contributed by atoms with E-state index < -0.39 is 21.7 Å². The van der Waals surface area contributed by atoms with E-state index in [-0.39, 0.29) is 21.2 Å². The van der Waals surface area contributed by atoms with Gasteiger partial charge < -0.3 is 5.32 Å². The molecule has 9 heteroatoms. The standard InChI is InChI=1S/C19H13Cl2FN2O3S/c20-15-3-1-2-4-17(15)23-19(25)12-5-10-16(21)18(11-12)24-28(26,27)14-8-6-13(22)7-9-14/h1-11,24H,(H,23,25). The molecule has 0 aliphatic heterocycles. The van der Waals surface area contributed by atoms with Crippen molar-refractivity contribution >= 4 is 50.5 Å². The first-order chi connectivity index (χ1) is 13.3. The van der Waals surface area contributed by atoms with E-state index in [4.69, 9.17) is 23.2 Å². The predicted octanol–water partition coefficient (Wildman–Crippen LogP) is 5.19. The molecule has 2 N–H and O–H groups in total. The van der Waals surface area contributed by atoms with Crippen LogP contribution in [0.1, 0.15) is 10.4 Å². The highest BCUT2D eigenvalue weighted by molar-refractivity contribution is 7.92. The van der Waals surface area contributed by atoms with Crippen molar-refractivity contribution in [3.63, 3.8) is 0 Å². The lowest BCUT2D eigenvalue weighted by Crippen LogP contribution is -2.15. The lowest BCUT2D eigenvalue weighted by molar-refractivity contribution is 0.102. The van der Waals surface area contributed by atoms with E-state index in [2.05, 4.69) is 10.0 Å². The summed E-state index contributed by atoms with van der Waals surface area (Å²) in [6.07, 6.45) is 0. The molecule has 28 heavy (non-hydrogen) atoms. The Bertz CT molecular complexity index is 1140. The first-order valence-corrected chi connectivity index (χ1v) is 10.1. The number of halogens is 3. The van der Waals surface area contributed by atoms with Crippen LogP contribution in [-0.2, 0) is 10.0 Å². The summed E-state index contributed by atoms with van der Waals surface area (Å²) < 4.78 is 40.3. The molecule has 0 bridgehead atoms. The van der Waals surface area contributed by atoms with Gasteiger partial charge in [0.1, 0.15) is 5.82 Å². The normalized spacial score (nSPS) is 11.1. The molecule has 0 fully saturated rings. The Labute approximate surface area is 171 Å². The molecule has 0 aliphatic carbocycles. The number of hydrogen-bond acceptors (Lipinski definition) is 3. The molecule has 1 amide bonds. The number of carbonyl (C=O) groups excluding carboxylic acids is 1. The SMILES string of the molecule is O=C(Nc1ccccc1Cl)c1ccc(Cl)c(NS(=O)(=O)c2ccc(F)cc2)c1. The zero-order valence-corrected chi connectivity index (χ0v) is 16.4.